The molecule has 1 atom stereocenters. The fourth-order valence-electron chi connectivity index (χ4n) is 1.47. The van der Waals surface area contributed by atoms with E-state index in [2.05, 4.69) is 43.0 Å². The molecule has 0 bridgehead atoms. The average molecular weight is 246 g/mol. The molecule has 0 aliphatic heterocycles. The zero-order valence-electron chi connectivity index (χ0n) is 8.93. The fourth-order valence-corrected chi connectivity index (χ4v) is 1.65. The lowest BCUT2D eigenvalue weighted by Crippen LogP contribution is -2.21. The Morgan fingerprint density at radius 1 is 1.13 bits per heavy atom. The Labute approximate surface area is 104 Å². The summed E-state index contributed by atoms with van der Waals surface area (Å²) in [6.07, 6.45) is 4.69. The zero-order chi connectivity index (χ0) is 10.2. The maximum atomic E-state index is 5.78. The summed E-state index contributed by atoms with van der Waals surface area (Å²) in [6, 6.07) is 10.9. The molecule has 0 heterocycles. The van der Waals surface area contributed by atoms with Gasteiger partial charge >= 0.3 is 0 Å². The Balaban J connectivity index is 0.00000196. The van der Waals surface area contributed by atoms with Crippen LogP contribution >= 0.6 is 25.0 Å². The number of halogens is 1. The molecule has 2 N–H and O–H groups in total. The summed E-state index contributed by atoms with van der Waals surface area (Å²) in [6.45, 7) is 0. The first kappa shape index (κ1) is 14.8. The van der Waals surface area contributed by atoms with E-state index in [1.807, 2.05) is 0 Å². The molecule has 0 spiro atoms. The first-order valence-corrected chi connectivity index (χ1v) is 5.86. The number of hydrogen-bond acceptors (Lipinski definition) is 2. The van der Waals surface area contributed by atoms with Crippen LogP contribution in [0, 0.1) is 0 Å². The molecule has 0 aromatic heterocycles. The van der Waals surface area contributed by atoms with E-state index in [9.17, 15) is 0 Å². The lowest BCUT2D eigenvalue weighted by Gasteiger charge is -2.07. The smallest absolute Gasteiger partial charge is 0.0127 e. The topological polar surface area (TPSA) is 26.0 Å². The van der Waals surface area contributed by atoms with Crippen LogP contribution in [0.2, 0.25) is 0 Å². The van der Waals surface area contributed by atoms with Crippen molar-refractivity contribution in [1.29, 1.82) is 0 Å². The Kier molecular flexibility index (Phi) is 8.97. The normalized spacial score (nSPS) is 11.9. The lowest BCUT2D eigenvalue weighted by atomic mass is 10.1. The van der Waals surface area contributed by atoms with Gasteiger partial charge in [0.05, 0.1) is 0 Å². The van der Waals surface area contributed by atoms with E-state index in [1.54, 1.807) is 0 Å². The Hall–Kier alpha value is -0.180. The molecular weight excluding hydrogens is 226 g/mol. The second-order valence-electron chi connectivity index (χ2n) is 3.67. The van der Waals surface area contributed by atoms with Gasteiger partial charge in [-0.25, -0.2) is 0 Å². The molecule has 0 fully saturated rings. The van der Waals surface area contributed by atoms with Crippen molar-refractivity contribution in [2.24, 2.45) is 5.73 Å². The van der Waals surface area contributed by atoms with E-state index in [0.717, 1.165) is 12.2 Å². The van der Waals surface area contributed by atoms with E-state index in [0.29, 0.717) is 0 Å². The van der Waals surface area contributed by atoms with E-state index in [-0.39, 0.29) is 18.4 Å². The molecule has 1 aromatic carbocycles. The Morgan fingerprint density at radius 3 is 2.40 bits per heavy atom. The standard InChI is InChI=1S/C12H19NS.ClH/c13-12(10-14)9-5-4-8-11-6-2-1-3-7-11;/h1-3,6-7,12,14H,4-5,8-10,13H2;1H/t12-;/m0./s1. The molecule has 1 rings (SSSR count). The minimum atomic E-state index is 0. The molecule has 0 saturated heterocycles. The highest BCUT2D eigenvalue weighted by Gasteiger charge is 1.98. The molecule has 0 amide bonds. The van der Waals surface area contributed by atoms with Crippen LogP contribution < -0.4 is 5.73 Å². The molecule has 86 valence electrons. The van der Waals surface area contributed by atoms with E-state index >= 15 is 0 Å². The number of benzene rings is 1. The molecule has 0 aliphatic carbocycles. The molecule has 1 aromatic rings. The monoisotopic (exact) mass is 245 g/mol. The highest BCUT2D eigenvalue weighted by molar-refractivity contribution is 7.80. The van der Waals surface area contributed by atoms with E-state index in [4.69, 9.17) is 5.73 Å². The Morgan fingerprint density at radius 2 is 1.80 bits per heavy atom. The van der Waals surface area contributed by atoms with Gasteiger partial charge < -0.3 is 5.73 Å². The van der Waals surface area contributed by atoms with Gasteiger partial charge in [-0.1, -0.05) is 36.8 Å². The summed E-state index contributed by atoms with van der Waals surface area (Å²) in [4.78, 5) is 0. The van der Waals surface area contributed by atoms with Crippen LogP contribution in [-0.4, -0.2) is 11.8 Å². The molecule has 0 saturated carbocycles. The minimum Gasteiger partial charge on any atom is -0.327 e. The van der Waals surface area contributed by atoms with E-state index in [1.165, 1.54) is 24.8 Å². The number of hydrogen-bond donors (Lipinski definition) is 2. The number of aryl methyl sites for hydroxylation is 1. The fraction of sp³-hybridized carbons (Fsp3) is 0.500. The van der Waals surface area contributed by atoms with Crippen LogP contribution in [0.3, 0.4) is 0 Å². The predicted octanol–water partition coefficient (Wildman–Crippen LogP) is 3.08. The van der Waals surface area contributed by atoms with Gasteiger partial charge in [0.15, 0.2) is 0 Å². The van der Waals surface area contributed by atoms with Crippen molar-refractivity contribution in [2.75, 3.05) is 5.75 Å². The van der Waals surface area contributed by atoms with Gasteiger partial charge in [-0.15, -0.1) is 12.4 Å². The first-order valence-electron chi connectivity index (χ1n) is 5.23. The summed E-state index contributed by atoms with van der Waals surface area (Å²) in [5.41, 5.74) is 7.20. The number of thiol groups is 1. The molecule has 3 heteroatoms. The molecule has 0 unspecified atom stereocenters. The quantitative estimate of drug-likeness (QED) is 0.585. The van der Waals surface area contributed by atoms with Gasteiger partial charge in [-0.2, -0.15) is 12.6 Å². The van der Waals surface area contributed by atoms with Gasteiger partial charge in [0.25, 0.3) is 0 Å². The minimum absolute atomic E-state index is 0. The predicted molar refractivity (Wildman–Crippen MR) is 73.1 cm³/mol. The van der Waals surface area contributed by atoms with Crippen molar-refractivity contribution in [2.45, 2.75) is 31.7 Å². The van der Waals surface area contributed by atoms with Gasteiger partial charge in [-0.05, 0) is 24.8 Å². The highest BCUT2D eigenvalue weighted by Crippen LogP contribution is 2.07. The highest BCUT2D eigenvalue weighted by atomic mass is 35.5. The number of unbranched alkanes of at least 4 members (excludes halogenated alkanes) is 1. The molecule has 0 radical (unpaired) electrons. The van der Waals surface area contributed by atoms with Gasteiger partial charge in [0.1, 0.15) is 0 Å². The second-order valence-corrected chi connectivity index (χ2v) is 4.04. The third-order valence-electron chi connectivity index (χ3n) is 2.37. The van der Waals surface area contributed by atoms with Crippen LogP contribution in [0.25, 0.3) is 0 Å². The number of rotatable bonds is 6. The molecule has 1 nitrogen and oxygen atoms in total. The van der Waals surface area contributed by atoms with E-state index < -0.39 is 0 Å². The lowest BCUT2D eigenvalue weighted by molar-refractivity contribution is 0.604. The van der Waals surface area contributed by atoms with Gasteiger partial charge in [0, 0.05) is 11.8 Å². The van der Waals surface area contributed by atoms with Gasteiger partial charge in [-0.3, -0.25) is 0 Å². The van der Waals surface area contributed by atoms with Crippen LogP contribution in [0.4, 0.5) is 0 Å². The number of nitrogens with two attached hydrogens (primary N) is 1. The molecular formula is C12H20ClNS. The van der Waals surface area contributed by atoms with Crippen LogP contribution in [0.15, 0.2) is 30.3 Å². The third-order valence-corrected chi connectivity index (χ3v) is 2.84. The maximum Gasteiger partial charge on any atom is 0.0127 e. The van der Waals surface area contributed by atoms with Crippen molar-refractivity contribution < 1.29 is 0 Å². The zero-order valence-corrected chi connectivity index (χ0v) is 10.6. The van der Waals surface area contributed by atoms with Gasteiger partial charge in [0.2, 0.25) is 0 Å². The molecule has 0 aliphatic rings. The SMILES string of the molecule is Cl.N[C@H](CS)CCCCc1ccccc1. The van der Waals surface area contributed by atoms with Crippen molar-refractivity contribution in [3.63, 3.8) is 0 Å². The summed E-state index contributed by atoms with van der Waals surface area (Å²) in [5.74, 6) is 0.797. The maximum absolute atomic E-state index is 5.78. The summed E-state index contributed by atoms with van der Waals surface area (Å²) >= 11 is 4.16. The summed E-state index contributed by atoms with van der Waals surface area (Å²) in [7, 11) is 0. The Bertz CT molecular complexity index is 241. The van der Waals surface area contributed by atoms with Crippen LogP contribution in [-0.2, 0) is 6.42 Å². The van der Waals surface area contributed by atoms with Crippen molar-refractivity contribution in [1.82, 2.24) is 0 Å². The second kappa shape index (κ2) is 9.08. The average Bonchev–Trinajstić information content (AvgIpc) is 2.25. The summed E-state index contributed by atoms with van der Waals surface area (Å²) in [5, 5.41) is 0. The molecule has 15 heavy (non-hydrogen) atoms. The van der Waals surface area contributed by atoms with Crippen molar-refractivity contribution in [3.8, 4) is 0 Å². The third kappa shape index (κ3) is 6.82. The first-order chi connectivity index (χ1) is 6.83. The largest absolute Gasteiger partial charge is 0.327 e. The van der Waals surface area contributed by atoms with Crippen LogP contribution in [0.1, 0.15) is 24.8 Å². The van der Waals surface area contributed by atoms with Crippen LogP contribution in [0.5, 0.6) is 0 Å². The summed E-state index contributed by atoms with van der Waals surface area (Å²) < 4.78 is 0. The van der Waals surface area contributed by atoms with Crippen molar-refractivity contribution in [3.05, 3.63) is 35.9 Å². The van der Waals surface area contributed by atoms with Crippen molar-refractivity contribution >= 4 is 25.0 Å².